The van der Waals surface area contributed by atoms with Crippen molar-refractivity contribution in [1.29, 1.82) is 0 Å². The predicted octanol–water partition coefficient (Wildman–Crippen LogP) is 4.12. The quantitative estimate of drug-likeness (QED) is 0.844. The molecule has 2 unspecified atom stereocenters. The van der Waals surface area contributed by atoms with E-state index in [1.54, 1.807) is 0 Å². The minimum atomic E-state index is 0.314. The highest BCUT2D eigenvalue weighted by Gasteiger charge is 2.22. The fraction of sp³-hybridized carbons (Fsp3) is 0.733. The van der Waals surface area contributed by atoms with E-state index >= 15 is 0 Å². The molecule has 2 atom stereocenters. The maximum absolute atomic E-state index is 6.39. The summed E-state index contributed by atoms with van der Waals surface area (Å²) in [6.07, 6.45) is 4.95. The SMILES string of the molecule is Cc1cc(NCC2CCCCC2Cl)nc(C(C)C)n1. The molecule has 0 amide bonds. The van der Waals surface area contributed by atoms with Crippen LogP contribution in [0.4, 0.5) is 5.82 Å². The second kappa shape index (κ2) is 6.56. The Morgan fingerprint density at radius 3 is 2.74 bits per heavy atom. The predicted molar refractivity (Wildman–Crippen MR) is 80.9 cm³/mol. The van der Waals surface area contributed by atoms with Crippen LogP contribution in [0, 0.1) is 12.8 Å². The summed E-state index contributed by atoms with van der Waals surface area (Å²) in [6.45, 7) is 7.18. The summed E-state index contributed by atoms with van der Waals surface area (Å²) in [7, 11) is 0. The van der Waals surface area contributed by atoms with E-state index in [4.69, 9.17) is 11.6 Å². The van der Waals surface area contributed by atoms with E-state index in [2.05, 4.69) is 29.1 Å². The lowest BCUT2D eigenvalue weighted by Crippen LogP contribution is -2.27. The van der Waals surface area contributed by atoms with Crippen molar-refractivity contribution < 1.29 is 0 Å². The lowest BCUT2D eigenvalue weighted by atomic mass is 9.89. The Hall–Kier alpha value is -0.830. The standard InChI is InChI=1S/C15H24ClN3/c1-10(2)15-18-11(3)8-14(19-15)17-9-12-6-4-5-7-13(12)16/h8,10,12-13H,4-7,9H2,1-3H3,(H,17,18,19). The van der Waals surface area contributed by atoms with Crippen LogP contribution in [0.1, 0.15) is 57.0 Å². The summed E-state index contributed by atoms with van der Waals surface area (Å²) in [5.41, 5.74) is 1.02. The van der Waals surface area contributed by atoms with Gasteiger partial charge >= 0.3 is 0 Å². The molecule has 1 aromatic rings. The first-order valence-electron chi connectivity index (χ1n) is 7.30. The van der Waals surface area contributed by atoms with Crippen LogP contribution in [0.5, 0.6) is 0 Å². The average molecular weight is 282 g/mol. The summed E-state index contributed by atoms with van der Waals surface area (Å²) in [4.78, 5) is 9.04. The van der Waals surface area contributed by atoms with Crippen molar-refractivity contribution in [3.05, 3.63) is 17.6 Å². The first kappa shape index (κ1) is 14.6. The number of aryl methyl sites for hydroxylation is 1. The summed E-state index contributed by atoms with van der Waals surface area (Å²) < 4.78 is 0. The van der Waals surface area contributed by atoms with Crippen LogP contribution in [0.3, 0.4) is 0 Å². The molecule has 0 aliphatic heterocycles. The molecule has 1 aliphatic rings. The van der Waals surface area contributed by atoms with Crippen LogP contribution in [0.15, 0.2) is 6.07 Å². The minimum absolute atomic E-state index is 0.314. The number of nitrogens with zero attached hydrogens (tertiary/aromatic N) is 2. The zero-order chi connectivity index (χ0) is 13.8. The summed E-state index contributed by atoms with van der Waals surface area (Å²) >= 11 is 6.39. The molecular weight excluding hydrogens is 258 g/mol. The van der Waals surface area contributed by atoms with Crippen molar-refractivity contribution in [3.8, 4) is 0 Å². The van der Waals surface area contributed by atoms with Gasteiger partial charge in [0.1, 0.15) is 11.6 Å². The van der Waals surface area contributed by atoms with Gasteiger partial charge in [-0.15, -0.1) is 11.6 Å². The van der Waals surface area contributed by atoms with Gasteiger partial charge in [0.05, 0.1) is 0 Å². The van der Waals surface area contributed by atoms with Gasteiger partial charge in [0, 0.05) is 29.6 Å². The van der Waals surface area contributed by atoms with Gasteiger partial charge in [0.25, 0.3) is 0 Å². The zero-order valence-electron chi connectivity index (χ0n) is 12.1. The number of nitrogens with one attached hydrogen (secondary N) is 1. The first-order chi connectivity index (χ1) is 9.06. The Morgan fingerprint density at radius 1 is 1.32 bits per heavy atom. The minimum Gasteiger partial charge on any atom is -0.370 e. The van der Waals surface area contributed by atoms with E-state index in [0.717, 1.165) is 30.3 Å². The van der Waals surface area contributed by atoms with Crippen molar-refractivity contribution in [3.63, 3.8) is 0 Å². The molecule has 1 heterocycles. The zero-order valence-corrected chi connectivity index (χ0v) is 12.9. The molecule has 1 N–H and O–H groups in total. The van der Waals surface area contributed by atoms with Gasteiger partial charge in [0.2, 0.25) is 0 Å². The number of hydrogen-bond acceptors (Lipinski definition) is 3. The number of alkyl halides is 1. The maximum atomic E-state index is 6.39. The average Bonchev–Trinajstić information content (AvgIpc) is 2.37. The number of aromatic nitrogens is 2. The second-order valence-corrected chi connectivity index (χ2v) is 6.41. The summed E-state index contributed by atoms with van der Waals surface area (Å²) in [5.74, 6) is 2.77. The fourth-order valence-electron chi connectivity index (χ4n) is 2.57. The van der Waals surface area contributed by atoms with Crippen LogP contribution in [0.2, 0.25) is 0 Å². The van der Waals surface area contributed by atoms with Gasteiger partial charge < -0.3 is 5.32 Å². The van der Waals surface area contributed by atoms with Crippen molar-refractivity contribution >= 4 is 17.4 Å². The third kappa shape index (κ3) is 4.07. The first-order valence-corrected chi connectivity index (χ1v) is 7.73. The van der Waals surface area contributed by atoms with E-state index < -0.39 is 0 Å². The van der Waals surface area contributed by atoms with E-state index in [1.165, 1.54) is 19.3 Å². The number of rotatable bonds is 4. The molecule has 2 rings (SSSR count). The highest BCUT2D eigenvalue weighted by molar-refractivity contribution is 6.20. The van der Waals surface area contributed by atoms with Crippen LogP contribution in [-0.2, 0) is 0 Å². The molecule has 1 aromatic heterocycles. The fourth-order valence-corrected chi connectivity index (χ4v) is 2.94. The normalized spacial score (nSPS) is 23.6. The Bertz CT molecular complexity index is 420. The van der Waals surface area contributed by atoms with Gasteiger partial charge in [0.15, 0.2) is 0 Å². The Kier molecular flexibility index (Phi) is 5.03. The number of halogens is 1. The molecule has 0 aromatic carbocycles. The Morgan fingerprint density at radius 2 is 2.05 bits per heavy atom. The maximum Gasteiger partial charge on any atom is 0.133 e. The smallest absolute Gasteiger partial charge is 0.133 e. The Balaban J connectivity index is 1.98. The van der Waals surface area contributed by atoms with E-state index in [-0.39, 0.29) is 0 Å². The lowest BCUT2D eigenvalue weighted by Gasteiger charge is -2.27. The second-order valence-electron chi connectivity index (χ2n) is 5.85. The number of hydrogen-bond donors (Lipinski definition) is 1. The molecule has 106 valence electrons. The van der Waals surface area contributed by atoms with Crippen molar-refractivity contribution in [2.24, 2.45) is 5.92 Å². The van der Waals surface area contributed by atoms with Crippen LogP contribution in [-0.4, -0.2) is 21.9 Å². The number of anilines is 1. The summed E-state index contributed by atoms with van der Waals surface area (Å²) in [5, 5.41) is 3.76. The lowest BCUT2D eigenvalue weighted by molar-refractivity contribution is 0.380. The molecule has 3 nitrogen and oxygen atoms in total. The van der Waals surface area contributed by atoms with Crippen molar-refractivity contribution in [2.75, 3.05) is 11.9 Å². The van der Waals surface area contributed by atoms with Crippen LogP contribution >= 0.6 is 11.6 Å². The monoisotopic (exact) mass is 281 g/mol. The van der Waals surface area contributed by atoms with Crippen LogP contribution < -0.4 is 5.32 Å². The molecule has 4 heteroatoms. The van der Waals surface area contributed by atoms with Gasteiger partial charge in [-0.25, -0.2) is 9.97 Å². The van der Waals surface area contributed by atoms with Gasteiger partial charge in [-0.1, -0.05) is 26.7 Å². The molecule has 1 fully saturated rings. The topological polar surface area (TPSA) is 37.8 Å². The largest absolute Gasteiger partial charge is 0.370 e. The van der Waals surface area contributed by atoms with E-state index in [9.17, 15) is 0 Å². The Labute approximate surface area is 121 Å². The molecular formula is C15H24ClN3. The summed E-state index contributed by atoms with van der Waals surface area (Å²) in [6, 6.07) is 2.01. The van der Waals surface area contributed by atoms with Gasteiger partial charge in [-0.3, -0.25) is 0 Å². The van der Waals surface area contributed by atoms with E-state index in [0.29, 0.717) is 17.2 Å². The molecule has 1 aliphatic carbocycles. The highest BCUT2D eigenvalue weighted by Crippen LogP contribution is 2.28. The van der Waals surface area contributed by atoms with Crippen molar-refractivity contribution in [1.82, 2.24) is 9.97 Å². The molecule has 0 saturated heterocycles. The third-order valence-corrected chi connectivity index (χ3v) is 4.32. The molecule has 19 heavy (non-hydrogen) atoms. The van der Waals surface area contributed by atoms with Gasteiger partial charge in [-0.2, -0.15) is 0 Å². The molecule has 0 bridgehead atoms. The van der Waals surface area contributed by atoms with Crippen LogP contribution in [0.25, 0.3) is 0 Å². The highest BCUT2D eigenvalue weighted by atomic mass is 35.5. The molecule has 1 saturated carbocycles. The molecule has 0 spiro atoms. The third-order valence-electron chi connectivity index (χ3n) is 3.75. The van der Waals surface area contributed by atoms with E-state index in [1.807, 2.05) is 13.0 Å². The molecule has 0 radical (unpaired) electrons. The van der Waals surface area contributed by atoms with Gasteiger partial charge in [-0.05, 0) is 25.7 Å². The van der Waals surface area contributed by atoms with Crippen molar-refractivity contribution in [2.45, 2.75) is 57.7 Å².